The molecule has 0 spiro atoms. The van der Waals surface area contributed by atoms with Crippen molar-refractivity contribution in [3.63, 3.8) is 0 Å². The van der Waals surface area contributed by atoms with Gasteiger partial charge in [0.05, 0.1) is 36.0 Å². The zero-order chi connectivity index (χ0) is 18.6. The summed E-state index contributed by atoms with van der Waals surface area (Å²) in [4.78, 5) is 18.9. The summed E-state index contributed by atoms with van der Waals surface area (Å²) < 4.78 is 11.0. The molecule has 1 aliphatic rings. The maximum atomic E-state index is 12.5. The van der Waals surface area contributed by atoms with Gasteiger partial charge < -0.3 is 14.2 Å². The van der Waals surface area contributed by atoms with Crippen molar-refractivity contribution in [3.8, 4) is 16.9 Å². The van der Waals surface area contributed by atoms with Crippen LogP contribution in [0.1, 0.15) is 30.9 Å². The second-order valence-electron chi connectivity index (χ2n) is 6.94. The minimum absolute atomic E-state index is 0.0857. The SMILES string of the molecule is COc1cc2c3c(cnc2cc1-c1c(C)noc1C)CC(=O)N3C(C)C. The topological polar surface area (TPSA) is 68.5 Å². The lowest BCUT2D eigenvalue weighted by Gasteiger charge is -2.23. The van der Waals surface area contributed by atoms with Crippen molar-refractivity contribution in [2.45, 2.75) is 40.2 Å². The largest absolute Gasteiger partial charge is 0.496 e. The first-order chi connectivity index (χ1) is 12.4. The number of nitrogens with zero attached hydrogens (tertiary/aromatic N) is 3. The van der Waals surface area contributed by atoms with Gasteiger partial charge in [0, 0.05) is 28.8 Å². The average Bonchev–Trinajstić information content (AvgIpc) is 3.12. The van der Waals surface area contributed by atoms with E-state index in [0.29, 0.717) is 12.2 Å². The maximum absolute atomic E-state index is 12.5. The number of fused-ring (bicyclic) bond motifs is 3. The monoisotopic (exact) mass is 351 g/mol. The smallest absolute Gasteiger partial charge is 0.231 e. The third-order valence-corrected chi connectivity index (χ3v) is 4.91. The average molecular weight is 351 g/mol. The van der Waals surface area contributed by atoms with Gasteiger partial charge in [-0.05, 0) is 39.8 Å². The van der Waals surface area contributed by atoms with Crippen LogP contribution in [-0.2, 0) is 11.2 Å². The quantitative estimate of drug-likeness (QED) is 0.718. The fraction of sp³-hybridized carbons (Fsp3) is 0.350. The zero-order valence-corrected chi connectivity index (χ0v) is 15.6. The van der Waals surface area contributed by atoms with Gasteiger partial charge in [-0.3, -0.25) is 9.78 Å². The number of benzene rings is 1. The molecule has 0 saturated heterocycles. The van der Waals surface area contributed by atoms with Crippen LogP contribution in [0.15, 0.2) is 22.9 Å². The first-order valence-electron chi connectivity index (χ1n) is 8.67. The Morgan fingerprint density at radius 3 is 2.65 bits per heavy atom. The normalized spacial score (nSPS) is 13.8. The number of carbonyl (C=O) groups excluding carboxylic acids is 1. The summed E-state index contributed by atoms with van der Waals surface area (Å²) in [6, 6.07) is 4.04. The van der Waals surface area contributed by atoms with E-state index in [0.717, 1.165) is 44.7 Å². The van der Waals surface area contributed by atoms with Gasteiger partial charge in [-0.25, -0.2) is 0 Å². The molecule has 0 bridgehead atoms. The first kappa shape index (κ1) is 16.6. The van der Waals surface area contributed by atoms with E-state index < -0.39 is 0 Å². The van der Waals surface area contributed by atoms with Gasteiger partial charge in [-0.15, -0.1) is 0 Å². The molecule has 0 atom stereocenters. The number of rotatable bonds is 3. The van der Waals surface area contributed by atoms with E-state index in [-0.39, 0.29) is 11.9 Å². The minimum atomic E-state index is 0.0857. The number of anilines is 1. The van der Waals surface area contributed by atoms with Crippen molar-refractivity contribution in [3.05, 3.63) is 35.3 Å². The summed E-state index contributed by atoms with van der Waals surface area (Å²) in [5.41, 5.74) is 5.34. The summed E-state index contributed by atoms with van der Waals surface area (Å²) in [6.45, 7) is 7.84. The number of hydrogen-bond acceptors (Lipinski definition) is 5. The second-order valence-corrected chi connectivity index (χ2v) is 6.94. The van der Waals surface area contributed by atoms with Gasteiger partial charge in [0.15, 0.2) is 0 Å². The summed E-state index contributed by atoms with van der Waals surface area (Å²) in [5, 5.41) is 4.97. The molecule has 26 heavy (non-hydrogen) atoms. The van der Waals surface area contributed by atoms with Gasteiger partial charge >= 0.3 is 0 Å². The number of methoxy groups -OCH3 is 1. The highest BCUT2D eigenvalue weighted by molar-refractivity contribution is 6.11. The van der Waals surface area contributed by atoms with Crippen LogP contribution in [0.4, 0.5) is 5.69 Å². The summed E-state index contributed by atoms with van der Waals surface area (Å²) in [5.74, 6) is 1.56. The highest BCUT2D eigenvalue weighted by atomic mass is 16.5. The van der Waals surface area contributed by atoms with Crippen molar-refractivity contribution < 1.29 is 14.1 Å². The van der Waals surface area contributed by atoms with Crippen LogP contribution in [0.3, 0.4) is 0 Å². The van der Waals surface area contributed by atoms with Gasteiger partial charge in [0.25, 0.3) is 0 Å². The molecule has 6 nitrogen and oxygen atoms in total. The molecule has 0 radical (unpaired) electrons. The van der Waals surface area contributed by atoms with Gasteiger partial charge in [0.2, 0.25) is 5.91 Å². The molecule has 0 saturated carbocycles. The first-order valence-corrected chi connectivity index (χ1v) is 8.67. The van der Waals surface area contributed by atoms with E-state index in [2.05, 4.69) is 10.1 Å². The van der Waals surface area contributed by atoms with E-state index in [1.54, 1.807) is 7.11 Å². The Morgan fingerprint density at radius 2 is 2.04 bits per heavy atom. The summed E-state index contributed by atoms with van der Waals surface area (Å²) in [7, 11) is 1.64. The number of amides is 1. The molecular formula is C20H21N3O3. The third kappa shape index (κ3) is 2.29. The van der Waals surface area contributed by atoms with Crippen molar-refractivity contribution >= 4 is 22.5 Å². The molecule has 0 unspecified atom stereocenters. The predicted molar refractivity (Wildman–Crippen MR) is 99.6 cm³/mol. The lowest BCUT2D eigenvalue weighted by molar-refractivity contribution is -0.117. The molecule has 0 N–H and O–H groups in total. The predicted octanol–water partition coefficient (Wildman–Crippen LogP) is 3.81. The van der Waals surface area contributed by atoms with Crippen molar-refractivity contribution in [2.24, 2.45) is 0 Å². The third-order valence-electron chi connectivity index (χ3n) is 4.91. The Morgan fingerprint density at radius 1 is 1.27 bits per heavy atom. The van der Waals surface area contributed by atoms with E-state index in [1.807, 2.05) is 50.9 Å². The molecule has 3 aromatic rings. The fourth-order valence-corrected chi connectivity index (χ4v) is 3.81. The Kier molecular flexibility index (Phi) is 3.72. The lowest BCUT2D eigenvalue weighted by Crippen LogP contribution is -2.33. The molecule has 2 aromatic heterocycles. The van der Waals surface area contributed by atoms with Crippen LogP contribution >= 0.6 is 0 Å². The maximum Gasteiger partial charge on any atom is 0.231 e. The number of pyridine rings is 1. The minimum Gasteiger partial charge on any atom is -0.496 e. The molecule has 1 aliphatic heterocycles. The summed E-state index contributed by atoms with van der Waals surface area (Å²) >= 11 is 0. The Labute approximate surface area is 151 Å². The van der Waals surface area contributed by atoms with Crippen LogP contribution in [-0.4, -0.2) is 29.2 Å². The molecule has 0 fully saturated rings. The van der Waals surface area contributed by atoms with Crippen LogP contribution < -0.4 is 9.64 Å². The molecule has 3 heterocycles. The molecule has 1 amide bonds. The number of aryl methyl sites for hydroxylation is 2. The van der Waals surface area contributed by atoms with Gasteiger partial charge in [0.1, 0.15) is 11.5 Å². The van der Waals surface area contributed by atoms with Crippen molar-refractivity contribution in [1.29, 1.82) is 0 Å². The molecule has 0 aliphatic carbocycles. The van der Waals surface area contributed by atoms with Crippen LogP contribution in [0, 0.1) is 13.8 Å². The number of aromatic nitrogens is 2. The van der Waals surface area contributed by atoms with Gasteiger partial charge in [-0.1, -0.05) is 5.16 Å². The Balaban J connectivity index is 2.02. The molecular weight excluding hydrogens is 330 g/mol. The van der Waals surface area contributed by atoms with E-state index in [4.69, 9.17) is 9.26 Å². The second kappa shape index (κ2) is 5.83. The lowest BCUT2D eigenvalue weighted by atomic mass is 9.99. The standard InChI is InChI=1S/C20H21N3O3/c1-10(2)23-18(24)6-13-9-21-16-7-15(19-11(3)22-26-12(19)4)17(25-5)8-14(16)20(13)23/h7-10H,6H2,1-5H3. The van der Waals surface area contributed by atoms with E-state index >= 15 is 0 Å². The molecule has 1 aromatic carbocycles. The fourth-order valence-electron chi connectivity index (χ4n) is 3.81. The van der Waals surface area contributed by atoms with Crippen LogP contribution in [0.25, 0.3) is 22.0 Å². The summed E-state index contributed by atoms with van der Waals surface area (Å²) in [6.07, 6.45) is 2.20. The van der Waals surface area contributed by atoms with E-state index in [9.17, 15) is 4.79 Å². The Hall–Kier alpha value is -2.89. The van der Waals surface area contributed by atoms with Crippen molar-refractivity contribution in [2.75, 3.05) is 12.0 Å². The highest BCUT2D eigenvalue weighted by Crippen LogP contribution is 2.42. The molecule has 134 valence electrons. The number of hydrogen-bond donors (Lipinski definition) is 0. The Bertz CT molecular complexity index is 1020. The van der Waals surface area contributed by atoms with E-state index in [1.165, 1.54) is 0 Å². The number of carbonyl (C=O) groups is 1. The van der Waals surface area contributed by atoms with Gasteiger partial charge in [-0.2, -0.15) is 0 Å². The van der Waals surface area contributed by atoms with Crippen LogP contribution in [0.5, 0.6) is 5.75 Å². The van der Waals surface area contributed by atoms with Crippen LogP contribution in [0.2, 0.25) is 0 Å². The number of ether oxygens (including phenoxy) is 1. The highest BCUT2D eigenvalue weighted by Gasteiger charge is 2.32. The van der Waals surface area contributed by atoms with Crippen molar-refractivity contribution in [1.82, 2.24) is 10.1 Å². The molecule has 4 rings (SSSR count). The zero-order valence-electron chi connectivity index (χ0n) is 15.6. The molecule has 6 heteroatoms.